The summed E-state index contributed by atoms with van der Waals surface area (Å²) in [5, 5.41) is 10.5. The predicted octanol–water partition coefficient (Wildman–Crippen LogP) is 6.28. The fraction of sp³-hybridized carbons (Fsp3) is 0. The Hall–Kier alpha value is -2.83. The van der Waals surface area contributed by atoms with E-state index in [9.17, 15) is 14.4 Å². The van der Waals surface area contributed by atoms with Crippen molar-refractivity contribution >= 4 is 80.5 Å². The van der Waals surface area contributed by atoms with Crippen LogP contribution in [0.15, 0.2) is 91.0 Å². The van der Waals surface area contributed by atoms with Gasteiger partial charge in [0.25, 0.3) is 0 Å². The minimum atomic E-state index is -4.66. The van der Waals surface area contributed by atoms with Crippen LogP contribution in [0.1, 0.15) is 0 Å². The molecule has 0 aliphatic carbocycles. The van der Waals surface area contributed by atoms with E-state index in [1.807, 2.05) is 30.3 Å². The van der Waals surface area contributed by atoms with E-state index in [0.717, 1.165) is 32.3 Å². The van der Waals surface area contributed by atoms with Gasteiger partial charge in [0.2, 0.25) is 0 Å². The molecule has 32 heavy (non-hydrogen) atoms. The first kappa shape index (κ1) is 21.0. The van der Waals surface area contributed by atoms with E-state index in [1.165, 1.54) is 16.2 Å². The van der Waals surface area contributed by atoms with Gasteiger partial charge < -0.3 is 4.52 Å². The Labute approximate surface area is 195 Å². The molecule has 2 N–H and O–H groups in total. The maximum atomic E-state index is 11.4. The predicted molar refractivity (Wildman–Crippen MR) is 134 cm³/mol. The van der Waals surface area contributed by atoms with Crippen molar-refractivity contribution in [2.75, 3.05) is 0 Å². The van der Waals surface area contributed by atoms with Gasteiger partial charge in [-0.1, -0.05) is 48.5 Å². The number of phosphoric acid groups is 1. The average Bonchev–Trinajstić information content (AvgIpc) is 2.74. The van der Waals surface area contributed by atoms with Gasteiger partial charge in [0, 0.05) is 5.39 Å². The Morgan fingerprint density at radius 3 is 1.69 bits per heavy atom. The summed E-state index contributed by atoms with van der Waals surface area (Å²) in [4.78, 5) is 18.6. The fourth-order valence-electron chi connectivity index (χ4n) is 4.45. The van der Waals surface area contributed by atoms with Crippen molar-refractivity contribution in [3.8, 4) is 5.75 Å². The van der Waals surface area contributed by atoms with Crippen LogP contribution in [0, 0.1) is 0 Å². The third-order valence-corrected chi connectivity index (χ3v) is 6.27. The Morgan fingerprint density at radius 1 is 0.531 bits per heavy atom. The number of benzene rings is 6. The second-order valence-corrected chi connectivity index (χ2v) is 8.98. The van der Waals surface area contributed by atoms with Crippen LogP contribution in [0.5, 0.6) is 5.75 Å². The molecule has 0 radical (unpaired) electrons. The quantitative estimate of drug-likeness (QED) is 0.146. The molecule has 6 rings (SSSR count). The van der Waals surface area contributed by atoms with E-state index in [2.05, 4.69) is 48.5 Å². The Balaban J connectivity index is 0.00000216. The zero-order chi connectivity index (χ0) is 21.2. The molecule has 152 valence electrons. The van der Waals surface area contributed by atoms with Crippen molar-refractivity contribution < 1.29 is 18.9 Å². The molecular weight excluding hydrogens is 414 g/mol. The summed E-state index contributed by atoms with van der Waals surface area (Å²) >= 11 is 0. The standard InChI is InChI=1S/C26H17O4P.Li.H/c27-31(28,29)30-26-7-3-6-18-12-19-8-9-20-13-21-10-16-4-1-2-5-17(16)11-22(21)14-23(20)24(19)15-25(18)26;;/h1-15H,(H2,27,28,29);;. The molecule has 6 aromatic rings. The molecule has 0 saturated carbocycles. The third-order valence-electron chi connectivity index (χ3n) is 5.83. The monoisotopic (exact) mass is 432 g/mol. The second kappa shape index (κ2) is 7.64. The van der Waals surface area contributed by atoms with Crippen LogP contribution in [-0.2, 0) is 4.57 Å². The van der Waals surface area contributed by atoms with Crippen LogP contribution in [-0.4, -0.2) is 28.6 Å². The molecule has 0 atom stereocenters. The van der Waals surface area contributed by atoms with Crippen molar-refractivity contribution in [2.45, 2.75) is 0 Å². The summed E-state index contributed by atoms with van der Waals surface area (Å²) in [5.41, 5.74) is 0. The van der Waals surface area contributed by atoms with E-state index < -0.39 is 7.82 Å². The molecule has 0 saturated heterocycles. The molecule has 0 aromatic heterocycles. The van der Waals surface area contributed by atoms with Crippen LogP contribution in [0.2, 0.25) is 0 Å². The van der Waals surface area contributed by atoms with Gasteiger partial charge in [-0.3, -0.25) is 9.79 Å². The molecule has 0 aliphatic heterocycles. The van der Waals surface area contributed by atoms with Crippen LogP contribution in [0.4, 0.5) is 0 Å². The number of fused-ring (bicyclic) bond motifs is 6. The first-order valence-electron chi connectivity index (χ1n) is 9.92. The van der Waals surface area contributed by atoms with Gasteiger partial charge in [0.15, 0.2) is 0 Å². The molecule has 6 aromatic carbocycles. The first-order valence-corrected chi connectivity index (χ1v) is 11.4. The SMILES string of the molecule is O=P(O)(O)Oc1cccc2cc3ccc4cc5cc6ccccc6cc5cc4c3cc12.[LiH]. The fourth-order valence-corrected chi connectivity index (χ4v) is 4.87. The van der Waals surface area contributed by atoms with Gasteiger partial charge in [-0.05, 0) is 90.9 Å². The van der Waals surface area contributed by atoms with Crippen molar-refractivity contribution in [2.24, 2.45) is 0 Å². The number of phosphoric ester groups is 1. The molecular formula is C26H18LiO4P. The van der Waals surface area contributed by atoms with Gasteiger partial charge in [0.1, 0.15) is 5.75 Å². The second-order valence-electron chi connectivity index (χ2n) is 7.82. The van der Waals surface area contributed by atoms with Crippen molar-refractivity contribution in [3.63, 3.8) is 0 Å². The molecule has 0 bridgehead atoms. The first-order chi connectivity index (χ1) is 14.9. The summed E-state index contributed by atoms with van der Waals surface area (Å²) in [7, 11) is -4.66. The Kier molecular flexibility index (Phi) is 5.02. The van der Waals surface area contributed by atoms with Crippen molar-refractivity contribution in [3.05, 3.63) is 91.0 Å². The topological polar surface area (TPSA) is 66.8 Å². The summed E-state index contributed by atoms with van der Waals surface area (Å²) in [5.74, 6) is 0.177. The molecule has 0 unspecified atom stereocenters. The number of hydrogen-bond donors (Lipinski definition) is 2. The summed E-state index contributed by atoms with van der Waals surface area (Å²) in [6.45, 7) is 0. The minimum absolute atomic E-state index is 0. The van der Waals surface area contributed by atoms with Crippen LogP contribution >= 0.6 is 7.82 Å². The molecule has 0 aliphatic rings. The Morgan fingerprint density at radius 2 is 1.03 bits per heavy atom. The Bertz CT molecular complexity index is 1720. The van der Waals surface area contributed by atoms with Gasteiger partial charge in [-0.15, -0.1) is 0 Å². The van der Waals surface area contributed by atoms with Crippen LogP contribution in [0.25, 0.3) is 53.9 Å². The normalized spacial score (nSPS) is 11.9. The molecule has 4 nitrogen and oxygen atoms in total. The molecule has 0 fully saturated rings. The van der Waals surface area contributed by atoms with E-state index >= 15 is 0 Å². The summed E-state index contributed by atoms with van der Waals surface area (Å²) in [6, 6.07) is 30.5. The average molecular weight is 432 g/mol. The van der Waals surface area contributed by atoms with Gasteiger partial charge >= 0.3 is 26.7 Å². The third kappa shape index (κ3) is 3.57. The molecule has 0 heterocycles. The maximum absolute atomic E-state index is 11.4. The van der Waals surface area contributed by atoms with Gasteiger partial charge in [0.05, 0.1) is 0 Å². The summed E-state index contributed by atoms with van der Waals surface area (Å²) in [6.07, 6.45) is 0. The van der Waals surface area contributed by atoms with Crippen molar-refractivity contribution in [1.82, 2.24) is 0 Å². The zero-order valence-corrected chi connectivity index (χ0v) is 17.2. The van der Waals surface area contributed by atoms with Gasteiger partial charge in [-0.25, -0.2) is 4.57 Å². The van der Waals surface area contributed by atoms with Crippen LogP contribution in [0.3, 0.4) is 0 Å². The van der Waals surface area contributed by atoms with Crippen LogP contribution < -0.4 is 4.52 Å². The molecule has 0 spiro atoms. The van der Waals surface area contributed by atoms with E-state index in [-0.39, 0.29) is 24.6 Å². The van der Waals surface area contributed by atoms with E-state index in [1.54, 1.807) is 12.1 Å². The number of hydrogen-bond acceptors (Lipinski definition) is 2. The summed E-state index contributed by atoms with van der Waals surface area (Å²) < 4.78 is 16.4. The zero-order valence-electron chi connectivity index (χ0n) is 16.3. The van der Waals surface area contributed by atoms with Gasteiger partial charge in [-0.2, -0.15) is 0 Å². The number of rotatable bonds is 2. The molecule has 6 heteroatoms. The molecule has 0 amide bonds. The van der Waals surface area contributed by atoms with Crippen molar-refractivity contribution in [1.29, 1.82) is 0 Å². The van der Waals surface area contributed by atoms with E-state index in [0.29, 0.717) is 5.39 Å². The van der Waals surface area contributed by atoms with E-state index in [4.69, 9.17) is 4.52 Å².